The minimum Gasteiger partial charge on any atom is -0.496 e. The summed E-state index contributed by atoms with van der Waals surface area (Å²) >= 11 is 9.49. The van der Waals surface area contributed by atoms with Crippen LogP contribution in [0, 0.1) is 0 Å². The van der Waals surface area contributed by atoms with Gasteiger partial charge in [0, 0.05) is 22.3 Å². The highest BCUT2D eigenvalue weighted by Crippen LogP contribution is 2.31. The van der Waals surface area contributed by atoms with Gasteiger partial charge >= 0.3 is 0 Å². The van der Waals surface area contributed by atoms with Crippen molar-refractivity contribution in [3.8, 4) is 5.75 Å². The van der Waals surface area contributed by atoms with Gasteiger partial charge in [-0.3, -0.25) is 4.79 Å². The fourth-order valence-electron chi connectivity index (χ4n) is 1.69. The maximum Gasteiger partial charge on any atom is 0.180 e. The predicted octanol–water partition coefficient (Wildman–Crippen LogP) is 3.38. The van der Waals surface area contributed by atoms with Gasteiger partial charge in [0.05, 0.1) is 17.9 Å². The van der Waals surface area contributed by atoms with E-state index in [-0.39, 0.29) is 11.0 Å². The lowest BCUT2D eigenvalue weighted by molar-refractivity contribution is 0.0992. The van der Waals surface area contributed by atoms with E-state index >= 15 is 0 Å². The molecule has 17 heavy (non-hydrogen) atoms. The monoisotopic (exact) mass is 288 g/mol. The van der Waals surface area contributed by atoms with Crippen molar-refractivity contribution in [3.63, 3.8) is 0 Å². The predicted molar refractivity (Wildman–Crippen MR) is 75.9 cm³/mol. The van der Waals surface area contributed by atoms with Crippen LogP contribution in [0.5, 0.6) is 5.75 Å². The molecule has 1 unspecified atom stereocenters. The second-order valence-corrected chi connectivity index (χ2v) is 6.54. The van der Waals surface area contributed by atoms with Crippen LogP contribution < -0.4 is 4.74 Å². The molecule has 0 spiro atoms. The molecule has 0 bridgehead atoms. The van der Waals surface area contributed by atoms with Crippen LogP contribution in [0.25, 0.3) is 0 Å². The van der Waals surface area contributed by atoms with Crippen molar-refractivity contribution in [3.05, 3.63) is 28.8 Å². The van der Waals surface area contributed by atoms with E-state index in [9.17, 15) is 4.79 Å². The van der Waals surface area contributed by atoms with Crippen LogP contribution in [0.15, 0.2) is 18.2 Å². The molecule has 1 aliphatic heterocycles. The molecule has 0 N–H and O–H groups in total. The SMILES string of the molecule is COc1ccc(Cl)cc1C(=O)C1CSCCS1. The van der Waals surface area contributed by atoms with Crippen molar-refractivity contribution in [2.75, 3.05) is 24.4 Å². The van der Waals surface area contributed by atoms with Crippen LogP contribution in [0.4, 0.5) is 0 Å². The first-order chi connectivity index (χ1) is 8.22. The Kier molecular flexibility index (Phi) is 4.65. The first-order valence-corrected chi connectivity index (χ1v) is 7.87. The van der Waals surface area contributed by atoms with Gasteiger partial charge in [0.2, 0.25) is 0 Å². The quantitative estimate of drug-likeness (QED) is 0.797. The van der Waals surface area contributed by atoms with Gasteiger partial charge in [-0.05, 0) is 18.2 Å². The molecule has 1 aromatic carbocycles. The molecular formula is C12H13ClO2S2. The molecule has 5 heteroatoms. The fourth-order valence-corrected chi connectivity index (χ4v) is 4.48. The molecule has 1 aliphatic rings. The number of rotatable bonds is 3. The van der Waals surface area contributed by atoms with Crippen molar-refractivity contribution in [2.24, 2.45) is 0 Å². The summed E-state index contributed by atoms with van der Waals surface area (Å²) in [6.45, 7) is 0. The van der Waals surface area contributed by atoms with E-state index in [1.807, 2.05) is 11.8 Å². The molecule has 0 aliphatic carbocycles. The summed E-state index contributed by atoms with van der Waals surface area (Å²) < 4.78 is 5.22. The largest absolute Gasteiger partial charge is 0.496 e. The van der Waals surface area contributed by atoms with Gasteiger partial charge < -0.3 is 4.74 Å². The van der Waals surface area contributed by atoms with E-state index in [0.29, 0.717) is 16.3 Å². The number of hydrogen-bond donors (Lipinski definition) is 0. The Hall–Kier alpha value is -0.320. The van der Waals surface area contributed by atoms with Crippen molar-refractivity contribution in [1.82, 2.24) is 0 Å². The molecule has 92 valence electrons. The van der Waals surface area contributed by atoms with Crippen LogP contribution in [0.3, 0.4) is 0 Å². The number of ketones is 1. The average Bonchev–Trinajstić information content (AvgIpc) is 2.39. The zero-order valence-corrected chi connectivity index (χ0v) is 11.8. The Labute approximate surface area is 114 Å². The topological polar surface area (TPSA) is 26.3 Å². The highest BCUT2D eigenvalue weighted by atomic mass is 35.5. The number of halogens is 1. The summed E-state index contributed by atoms with van der Waals surface area (Å²) in [5.41, 5.74) is 0.597. The molecule has 2 rings (SSSR count). The maximum absolute atomic E-state index is 12.4. The molecule has 1 heterocycles. The number of carbonyl (C=O) groups excluding carboxylic acids is 1. The third-order valence-corrected chi connectivity index (χ3v) is 5.52. The summed E-state index contributed by atoms with van der Waals surface area (Å²) in [7, 11) is 1.57. The zero-order chi connectivity index (χ0) is 12.3. The van der Waals surface area contributed by atoms with Crippen molar-refractivity contribution < 1.29 is 9.53 Å². The summed E-state index contributed by atoms with van der Waals surface area (Å²) in [6.07, 6.45) is 0. The number of carbonyl (C=O) groups is 1. The Balaban J connectivity index is 2.25. The summed E-state index contributed by atoms with van der Waals surface area (Å²) in [5.74, 6) is 3.77. The van der Waals surface area contributed by atoms with E-state index < -0.39 is 0 Å². The Bertz CT molecular complexity index is 417. The molecule has 1 aromatic rings. The van der Waals surface area contributed by atoms with Crippen molar-refractivity contribution in [1.29, 1.82) is 0 Å². The lowest BCUT2D eigenvalue weighted by Gasteiger charge is -2.20. The van der Waals surface area contributed by atoms with Gasteiger partial charge in [0.25, 0.3) is 0 Å². The normalized spacial score (nSPS) is 20.0. The maximum atomic E-state index is 12.4. The molecule has 1 atom stereocenters. The van der Waals surface area contributed by atoms with Gasteiger partial charge in [-0.15, -0.1) is 11.8 Å². The number of Topliss-reactive ketones (excluding diaryl/α,β-unsaturated/α-hetero) is 1. The number of ether oxygens (including phenoxy) is 1. The average molecular weight is 289 g/mol. The van der Waals surface area contributed by atoms with Crippen LogP contribution in [0.2, 0.25) is 5.02 Å². The van der Waals surface area contributed by atoms with Gasteiger partial charge in [-0.1, -0.05) is 11.6 Å². The van der Waals surface area contributed by atoms with Gasteiger partial charge in [0.1, 0.15) is 5.75 Å². The van der Waals surface area contributed by atoms with Crippen LogP contribution in [-0.2, 0) is 0 Å². The number of benzene rings is 1. The van der Waals surface area contributed by atoms with Crippen LogP contribution in [0.1, 0.15) is 10.4 Å². The second kappa shape index (κ2) is 6.03. The molecule has 0 radical (unpaired) electrons. The van der Waals surface area contributed by atoms with Gasteiger partial charge in [-0.25, -0.2) is 0 Å². The summed E-state index contributed by atoms with van der Waals surface area (Å²) in [5, 5.41) is 0.601. The minimum atomic E-state index is 0.0288. The van der Waals surface area contributed by atoms with Crippen molar-refractivity contribution >= 4 is 40.9 Å². The van der Waals surface area contributed by atoms with Gasteiger partial charge in [-0.2, -0.15) is 11.8 Å². The lowest BCUT2D eigenvalue weighted by atomic mass is 10.1. The van der Waals surface area contributed by atoms with E-state index in [0.717, 1.165) is 17.3 Å². The first kappa shape index (κ1) is 13.1. The zero-order valence-electron chi connectivity index (χ0n) is 9.44. The summed E-state index contributed by atoms with van der Waals surface area (Å²) in [4.78, 5) is 12.4. The van der Waals surface area contributed by atoms with Crippen LogP contribution >= 0.6 is 35.1 Å². The summed E-state index contributed by atoms with van der Waals surface area (Å²) in [6, 6.07) is 5.18. The molecule has 0 aromatic heterocycles. The molecule has 0 amide bonds. The van der Waals surface area contributed by atoms with Crippen molar-refractivity contribution in [2.45, 2.75) is 5.25 Å². The van der Waals surface area contributed by atoms with E-state index in [2.05, 4.69) is 0 Å². The molecular weight excluding hydrogens is 276 g/mol. The Morgan fingerprint density at radius 3 is 2.94 bits per heavy atom. The number of methoxy groups -OCH3 is 1. The number of hydrogen-bond acceptors (Lipinski definition) is 4. The highest BCUT2D eigenvalue weighted by Gasteiger charge is 2.25. The third-order valence-electron chi connectivity index (χ3n) is 2.54. The lowest BCUT2D eigenvalue weighted by Crippen LogP contribution is -2.24. The fraction of sp³-hybridized carbons (Fsp3) is 0.417. The van der Waals surface area contributed by atoms with Gasteiger partial charge in [0.15, 0.2) is 5.78 Å². The van der Waals surface area contributed by atoms with Crippen LogP contribution in [-0.4, -0.2) is 35.4 Å². The molecule has 2 nitrogen and oxygen atoms in total. The molecule has 0 saturated carbocycles. The van der Waals surface area contributed by atoms with E-state index in [1.165, 1.54) is 0 Å². The highest BCUT2D eigenvalue weighted by molar-refractivity contribution is 8.07. The second-order valence-electron chi connectivity index (χ2n) is 3.64. The minimum absolute atomic E-state index is 0.0288. The standard InChI is InChI=1S/C12H13ClO2S2/c1-15-10-3-2-8(13)6-9(10)12(14)11-7-16-4-5-17-11/h2-3,6,11H,4-5,7H2,1H3. The van der Waals surface area contributed by atoms with E-state index in [1.54, 1.807) is 37.1 Å². The van der Waals surface area contributed by atoms with E-state index in [4.69, 9.17) is 16.3 Å². The molecule has 1 fully saturated rings. The Morgan fingerprint density at radius 1 is 1.47 bits per heavy atom. The smallest absolute Gasteiger partial charge is 0.180 e. The number of thioether (sulfide) groups is 2. The third kappa shape index (κ3) is 3.12. The first-order valence-electron chi connectivity index (χ1n) is 5.29. The Morgan fingerprint density at radius 2 is 2.29 bits per heavy atom. The molecule has 1 saturated heterocycles.